The fraction of sp³-hybridized carbons (Fsp3) is 0.565. The summed E-state index contributed by atoms with van der Waals surface area (Å²) in [5.74, 6) is -3.11. The first-order valence-electron chi connectivity index (χ1n) is 11.2. The molecule has 0 aliphatic rings. The van der Waals surface area contributed by atoms with E-state index in [2.05, 4.69) is 16.0 Å². The first-order chi connectivity index (χ1) is 16.4. The lowest BCUT2D eigenvalue weighted by molar-refractivity contribution is -0.143. The number of amides is 3. The molecule has 0 aliphatic heterocycles. The number of phenolic OH excluding ortho intramolecular Hbond substituents is 1. The summed E-state index contributed by atoms with van der Waals surface area (Å²) in [4.78, 5) is 49.9. The van der Waals surface area contributed by atoms with Crippen LogP contribution in [-0.4, -0.2) is 81.3 Å². The second kappa shape index (κ2) is 14.5. The number of nitrogens with two attached hydrogens (primary N) is 1. The number of nitrogens with one attached hydrogen (secondary N) is 3. The molecule has 11 nitrogen and oxygen atoms in total. The minimum Gasteiger partial charge on any atom is -0.508 e. The Labute approximate surface area is 209 Å². The van der Waals surface area contributed by atoms with E-state index in [0.29, 0.717) is 11.3 Å². The molecule has 0 fully saturated rings. The fourth-order valence-corrected chi connectivity index (χ4v) is 3.53. The molecule has 1 aromatic carbocycles. The van der Waals surface area contributed by atoms with E-state index >= 15 is 0 Å². The Morgan fingerprint density at radius 2 is 1.51 bits per heavy atom. The molecule has 0 radical (unpaired) electrons. The smallest absolute Gasteiger partial charge is 0.326 e. The number of rotatable bonds is 14. The van der Waals surface area contributed by atoms with Crippen molar-refractivity contribution in [2.75, 3.05) is 12.0 Å². The highest BCUT2D eigenvalue weighted by Gasteiger charge is 2.33. The molecule has 1 rings (SSSR count). The molecule has 196 valence electrons. The van der Waals surface area contributed by atoms with Crippen LogP contribution in [0.1, 0.15) is 32.8 Å². The minimum absolute atomic E-state index is 0.0162. The maximum atomic E-state index is 13.1. The van der Waals surface area contributed by atoms with Gasteiger partial charge in [0.05, 0.1) is 12.1 Å². The number of carboxylic acids is 1. The predicted molar refractivity (Wildman–Crippen MR) is 133 cm³/mol. The molecule has 35 heavy (non-hydrogen) atoms. The Balaban J connectivity index is 3.08. The van der Waals surface area contributed by atoms with Gasteiger partial charge >= 0.3 is 5.97 Å². The van der Waals surface area contributed by atoms with Crippen molar-refractivity contribution < 1.29 is 34.5 Å². The average Bonchev–Trinajstić information content (AvgIpc) is 2.79. The Kier molecular flexibility index (Phi) is 12.5. The van der Waals surface area contributed by atoms with Gasteiger partial charge in [-0.15, -0.1) is 0 Å². The van der Waals surface area contributed by atoms with Crippen LogP contribution in [0.3, 0.4) is 0 Å². The third-order valence-corrected chi connectivity index (χ3v) is 5.96. The molecule has 0 saturated carbocycles. The van der Waals surface area contributed by atoms with E-state index in [1.807, 2.05) is 0 Å². The van der Waals surface area contributed by atoms with Crippen molar-refractivity contribution in [3.63, 3.8) is 0 Å². The van der Waals surface area contributed by atoms with Gasteiger partial charge < -0.3 is 37.0 Å². The number of carboxylic acid groups (broad SMARTS) is 1. The zero-order chi connectivity index (χ0) is 26.7. The molecule has 12 heteroatoms. The van der Waals surface area contributed by atoms with Crippen LogP contribution in [0.5, 0.6) is 5.75 Å². The van der Waals surface area contributed by atoms with E-state index in [9.17, 15) is 34.5 Å². The van der Waals surface area contributed by atoms with Crippen LogP contribution in [0.2, 0.25) is 0 Å². The molecule has 0 aromatic heterocycles. The molecule has 0 aliphatic carbocycles. The van der Waals surface area contributed by atoms with E-state index in [1.165, 1.54) is 30.8 Å². The highest BCUT2D eigenvalue weighted by Crippen LogP contribution is 2.12. The van der Waals surface area contributed by atoms with E-state index in [-0.39, 0.29) is 24.5 Å². The van der Waals surface area contributed by atoms with Gasteiger partial charge in [0.2, 0.25) is 17.7 Å². The van der Waals surface area contributed by atoms with E-state index in [4.69, 9.17) is 5.73 Å². The number of thioether (sulfide) groups is 1. The van der Waals surface area contributed by atoms with Gasteiger partial charge in [-0.2, -0.15) is 11.8 Å². The lowest BCUT2D eigenvalue weighted by atomic mass is 10.0. The maximum Gasteiger partial charge on any atom is 0.326 e. The SMILES string of the molecule is CSCCC(NC(=O)C(NC(=O)C(Cc1ccc(O)cc1)NC(=O)C(N)C(C)C)C(C)O)C(=O)O. The molecule has 0 heterocycles. The highest BCUT2D eigenvalue weighted by atomic mass is 32.2. The van der Waals surface area contributed by atoms with E-state index in [0.717, 1.165) is 0 Å². The van der Waals surface area contributed by atoms with Gasteiger partial charge in [-0.3, -0.25) is 14.4 Å². The van der Waals surface area contributed by atoms with Crippen molar-refractivity contribution in [1.82, 2.24) is 16.0 Å². The summed E-state index contributed by atoms with van der Waals surface area (Å²) < 4.78 is 0. The lowest BCUT2D eigenvalue weighted by Crippen LogP contribution is -2.60. The number of carbonyl (C=O) groups is 4. The molecule has 3 amide bonds. The summed E-state index contributed by atoms with van der Waals surface area (Å²) >= 11 is 1.42. The Morgan fingerprint density at radius 1 is 0.943 bits per heavy atom. The summed E-state index contributed by atoms with van der Waals surface area (Å²) in [6, 6.07) is 1.32. The second-order valence-electron chi connectivity index (χ2n) is 8.61. The highest BCUT2D eigenvalue weighted by molar-refractivity contribution is 7.98. The normalized spacial score (nSPS) is 15.4. The molecule has 8 N–H and O–H groups in total. The fourth-order valence-electron chi connectivity index (χ4n) is 3.06. The van der Waals surface area contributed by atoms with Crippen molar-refractivity contribution >= 4 is 35.5 Å². The Morgan fingerprint density at radius 3 is 2.00 bits per heavy atom. The van der Waals surface area contributed by atoms with Gasteiger partial charge in [-0.05, 0) is 49.0 Å². The summed E-state index contributed by atoms with van der Waals surface area (Å²) in [5, 5.41) is 36.4. The maximum absolute atomic E-state index is 13.1. The predicted octanol–water partition coefficient (Wildman–Crippen LogP) is -0.409. The Bertz CT molecular complexity index is 864. The number of carbonyl (C=O) groups excluding carboxylic acids is 3. The van der Waals surface area contributed by atoms with Crippen molar-refractivity contribution in [3.8, 4) is 5.75 Å². The number of hydrogen-bond acceptors (Lipinski definition) is 8. The van der Waals surface area contributed by atoms with Crippen LogP contribution < -0.4 is 21.7 Å². The topological polar surface area (TPSA) is 191 Å². The first-order valence-corrected chi connectivity index (χ1v) is 12.6. The third-order valence-electron chi connectivity index (χ3n) is 5.32. The zero-order valence-corrected chi connectivity index (χ0v) is 21.2. The quantitative estimate of drug-likeness (QED) is 0.174. The lowest BCUT2D eigenvalue weighted by Gasteiger charge is -2.27. The van der Waals surface area contributed by atoms with Gasteiger partial charge in [0, 0.05) is 6.42 Å². The van der Waals surface area contributed by atoms with Crippen LogP contribution in [0.25, 0.3) is 0 Å². The summed E-state index contributed by atoms with van der Waals surface area (Å²) in [6.45, 7) is 4.79. The molecular formula is C23H36N4O7S. The molecule has 0 spiro atoms. The van der Waals surface area contributed by atoms with Crippen molar-refractivity contribution in [2.24, 2.45) is 11.7 Å². The van der Waals surface area contributed by atoms with Gasteiger partial charge in [0.1, 0.15) is 23.9 Å². The number of aliphatic hydroxyl groups excluding tert-OH is 1. The van der Waals surface area contributed by atoms with Crippen LogP contribution >= 0.6 is 11.8 Å². The summed E-state index contributed by atoms with van der Waals surface area (Å²) in [7, 11) is 0. The van der Waals surface area contributed by atoms with Gasteiger partial charge in [0.25, 0.3) is 0 Å². The first kappa shape index (κ1) is 30.2. The monoisotopic (exact) mass is 512 g/mol. The molecule has 5 atom stereocenters. The van der Waals surface area contributed by atoms with E-state index in [1.54, 1.807) is 32.2 Å². The standard InChI is InChI=1S/C23H36N4O7S/c1-12(2)18(24)21(31)26-17(11-14-5-7-15(29)8-6-14)20(30)27-19(13(3)28)22(32)25-16(23(33)34)9-10-35-4/h5-8,12-13,16-19,28-29H,9-11,24H2,1-4H3,(H,25,32)(H,26,31)(H,27,30)(H,33,34). The molecule has 0 saturated heterocycles. The van der Waals surface area contributed by atoms with Crippen molar-refractivity contribution in [2.45, 2.75) is 63.9 Å². The number of aliphatic hydroxyl groups is 1. The number of phenols is 1. The number of aliphatic carboxylic acids is 1. The molecule has 0 bridgehead atoms. The van der Waals surface area contributed by atoms with Gasteiger partial charge in [-0.25, -0.2) is 4.79 Å². The van der Waals surface area contributed by atoms with Crippen LogP contribution in [0, 0.1) is 5.92 Å². The number of benzene rings is 1. The average molecular weight is 513 g/mol. The largest absolute Gasteiger partial charge is 0.508 e. The Hall–Kier alpha value is -2.83. The molecular weight excluding hydrogens is 476 g/mol. The van der Waals surface area contributed by atoms with Crippen LogP contribution in [-0.2, 0) is 25.6 Å². The summed E-state index contributed by atoms with van der Waals surface area (Å²) in [6.07, 6.45) is 0.627. The van der Waals surface area contributed by atoms with Crippen molar-refractivity contribution in [3.05, 3.63) is 29.8 Å². The molecule has 5 unspecified atom stereocenters. The van der Waals surface area contributed by atoms with Crippen LogP contribution in [0.15, 0.2) is 24.3 Å². The summed E-state index contributed by atoms with van der Waals surface area (Å²) in [5.41, 5.74) is 6.52. The second-order valence-corrected chi connectivity index (χ2v) is 9.59. The van der Waals surface area contributed by atoms with Gasteiger partial charge in [-0.1, -0.05) is 26.0 Å². The zero-order valence-electron chi connectivity index (χ0n) is 20.4. The third kappa shape index (κ3) is 10.1. The van der Waals surface area contributed by atoms with E-state index < -0.39 is 54.0 Å². The van der Waals surface area contributed by atoms with Gasteiger partial charge in [0.15, 0.2) is 0 Å². The molecule has 1 aromatic rings. The number of hydrogen-bond donors (Lipinski definition) is 7. The number of aromatic hydroxyl groups is 1. The van der Waals surface area contributed by atoms with Crippen LogP contribution in [0.4, 0.5) is 0 Å². The van der Waals surface area contributed by atoms with Crippen molar-refractivity contribution in [1.29, 1.82) is 0 Å². The minimum atomic E-state index is -1.46.